The third-order valence-electron chi connectivity index (χ3n) is 5.14. The Kier molecular flexibility index (Phi) is 5.53. The van der Waals surface area contributed by atoms with Gasteiger partial charge in [-0.2, -0.15) is 0 Å². The minimum absolute atomic E-state index is 0.147. The van der Waals surface area contributed by atoms with E-state index in [9.17, 15) is 22.0 Å². The van der Waals surface area contributed by atoms with Crippen molar-refractivity contribution in [2.24, 2.45) is 5.92 Å². The van der Waals surface area contributed by atoms with Crippen LogP contribution in [-0.2, 0) is 0 Å². The highest BCUT2D eigenvalue weighted by atomic mass is 28.3. The number of allylic oxidation sites excluding steroid dienone is 4. The van der Waals surface area contributed by atoms with Crippen LogP contribution < -0.4 is 4.98 Å². The van der Waals surface area contributed by atoms with Gasteiger partial charge in [0.05, 0.1) is 5.56 Å². The van der Waals surface area contributed by atoms with Crippen LogP contribution in [0.15, 0.2) is 16.3 Å². The molecule has 1 aromatic rings. The van der Waals surface area contributed by atoms with Crippen LogP contribution in [0.5, 0.6) is 0 Å². The van der Waals surface area contributed by atoms with Crippen molar-refractivity contribution in [3.8, 4) is 0 Å². The molecule has 0 aliphatic heterocycles. The molecule has 0 saturated heterocycles. The zero-order chi connectivity index (χ0) is 21.1. The Morgan fingerprint density at radius 2 is 1.22 bits per heavy atom. The van der Waals surface area contributed by atoms with Gasteiger partial charge in [0.25, 0.3) is 0 Å². The van der Waals surface area contributed by atoms with E-state index in [1.807, 2.05) is 47.7 Å². The van der Waals surface area contributed by atoms with Gasteiger partial charge in [0.15, 0.2) is 23.3 Å². The molecule has 0 aromatic heterocycles. The fourth-order valence-corrected chi connectivity index (χ4v) is 8.41. The highest BCUT2D eigenvalue weighted by molar-refractivity contribution is 6.83. The summed E-state index contributed by atoms with van der Waals surface area (Å²) in [5.41, 5.74) is 0.506. The van der Waals surface area contributed by atoms with Crippen molar-refractivity contribution < 1.29 is 22.0 Å². The summed E-state index contributed by atoms with van der Waals surface area (Å²) in [5, 5.41) is 0.746. The third kappa shape index (κ3) is 3.63. The molecule has 0 bridgehead atoms. The fraction of sp³-hybridized carbons (Fsp3) is 0.500. The maximum atomic E-state index is 14.6. The van der Waals surface area contributed by atoms with E-state index in [0.29, 0.717) is 5.57 Å². The molecule has 1 aliphatic rings. The molecule has 27 heavy (non-hydrogen) atoms. The maximum Gasteiger partial charge on any atom is 0.200 e. The van der Waals surface area contributed by atoms with Crippen molar-refractivity contribution in [1.29, 1.82) is 0 Å². The van der Waals surface area contributed by atoms with Gasteiger partial charge >= 0.3 is 0 Å². The van der Waals surface area contributed by atoms with E-state index in [1.165, 1.54) is 0 Å². The number of benzene rings is 1. The van der Waals surface area contributed by atoms with Gasteiger partial charge in [-0.15, -0.1) is 0 Å². The van der Waals surface area contributed by atoms with Crippen LogP contribution in [0.2, 0.25) is 13.1 Å². The highest BCUT2D eigenvalue weighted by Crippen LogP contribution is 2.47. The van der Waals surface area contributed by atoms with Crippen molar-refractivity contribution in [3.63, 3.8) is 0 Å². The van der Waals surface area contributed by atoms with E-state index in [4.69, 9.17) is 0 Å². The Balaban J connectivity index is 2.91. The Labute approximate surface area is 158 Å². The molecule has 1 unspecified atom stereocenters. The van der Waals surface area contributed by atoms with Crippen molar-refractivity contribution in [3.05, 3.63) is 51.0 Å². The van der Waals surface area contributed by atoms with Gasteiger partial charge in [-0.3, -0.25) is 0 Å². The number of rotatable bonds is 3. The van der Waals surface area contributed by atoms with Crippen LogP contribution in [0, 0.1) is 35.0 Å². The van der Waals surface area contributed by atoms with E-state index >= 15 is 0 Å². The average molecular weight is 404 g/mol. The molecule has 150 valence electrons. The molecular formula is C20H26F5NSi. The maximum absolute atomic E-state index is 14.6. The number of halogens is 5. The van der Waals surface area contributed by atoms with Crippen LogP contribution in [0.3, 0.4) is 0 Å². The molecule has 1 aromatic carbocycles. The largest absolute Gasteiger partial charge is 0.329 e. The molecule has 7 heteroatoms. The third-order valence-corrected chi connectivity index (χ3v) is 8.54. The SMILES string of the molecule is CC1=C(C)C(C)C([Si](C)(C)NC(C)(C)C)=C1c1c(F)c(F)c(F)c(F)c1F. The lowest BCUT2D eigenvalue weighted by atomic mass is 9.98. The quantitative estimate of drug-likeness (QED) is 0.272. The predicted octanol–water partition coefficient (Wildman–Crippen LogP) is 6.25. The van der Waals surface area contributed by atoms with Crippen molar-refractivity contribution >= 4 is 13.8 Å². The standard InChI is InChI=1S/C20H26F5NSi/c1-9-10(2)12(13-14(21)16(23)18(25)17(24)15(13)22)19(11(9)3)27(7,8)26-20(4,5)6/h11,26H,1-8H3. The average Bonchev–Trinajstić information content (AvgIpc) is 2.74. The van der Waals surface area contributed by atoms with Gasteiger partial charge in [-0.05, 0) is 51.7 Å². The second kappa shape index (κ2) is 6.85. The van der Waals surface area contributed by atoms with Crippen LogP contribution in [0.25, 0.3) is 5.57 Å². The summed E-state index contributed by atoms with van der Waals surface area (Å²) in [7, 11) is -2.48. The topological polar surface area (TPSA) is 12.0 Å². The van der Waals surface area contributed by atoms with Crippen LogP contribution in [-0.4, -0.2) is 13.8 Å². The lowest BCUT2D eigenvalue weighted by Crippen LogP contribution is -2.56. The van der Waals surface area contributed by atoms with Crippen molar-refractivity contribution in [1.82, 2.24) is 4.98 Å². The Hall–Kier alpha value is -1.47. The first-order valence-electron chi connectivity index (χ1n) is 8.85. The highest BCUT2D eigenvalue weighted by Gasteiger charge is 2.42. The first kappa shape index (κ1) is 21.8. The molecule has 1 nitrogen and oxygen atoms in total. The summed E-state index contributed by atoms with van der Waals surface area (Å²) in [6.07, 6.45) is 0. The smallest absolute Gasteiger partial charge is 0.200 e. The molecule has 1 N–H and O–H groups in total. The minimum Gasteiger partial charge on any atom is -0.329 e. The lowest BCUT2D eigenvalue weighted by Gasteiger charge is -2.37. The second-order valence-electron chi connectivity index (χ2n) is 8.76. The molecule has 1 aliphatic carbocycles. The molecular weight excluding hydrogens is 377 g/mol. The van der Waals surface area contributed by atoms with E-state index < -0.39 is 42.9 Å². The summed E-state index contributed by atoms with van der Waals surface area (Å²) in [5.74, 6) is -9.66. The predicted molar refractivity (Wildman–Crippen MR) is 101 cm³/mol. The molecule has 0 amide bonds. The number of hydrogen-bond acceptors (Lipinski definition) is 1. The molecule has 2 rings (SSSR count). The number of nitrogens with one attached hydrogen (secondary N) is 1. The van der Waals surface area contributed by atoms with Gasteiger partial charge in [0, 0.05) is 5.54 Å². The van der Waals surface area contributed by atoms with Gasteiger partial charge < -0.3 is 4.98 Å². The number of hydrogen-bond donors (Lipinski definition) is 1. The van der Waals surface area contributed by atoms with E-state index in [2.05, 4.69) is 4.98 Å². The normalized spacial score (nSPS) is 18.8. The summed E-state index contributed by atoms with van der Waals surface area (Å²) >= 11 is 0. The molecule has 0 heterocycles. The zero-order valence-corrected chi connectivity index (χ0v) is 18.0. The molecule has 0 fully saturated rings. The van der Waals surface area contributed by atoms with Crippen LogP contribution >= 0.6 is 0 Å². The second-order valence-corrected chi connectivity index (χ2v) is 12.8. The summed E-state index contributed by atoms with van der Waals surface area (Å²) < 4.78 is 70.5. The lowest BCUT2D eigenvalue weighted by molar-refractivity contribution is 0.376. The summed E-state index contributed by atoms with van der Waals surface area (Å²) in [6, 6.07) is 0. The molecule has 0 spiro atoms. The van der Waals surface area contributed by atoms with Crippen LogP contribution in [0.4, 0.5) is 22.0 Å². The zero-order valence-electron chi connectivity index (χ0n) is 17.0. The van der Waals surface area contributed by atoms with Crippen LogP contribution in [0.1, 0.15) is 47.1 Å². The fourth-order valence-electron chi connectivity index (χ4n) is 4.16. The summed E-state index contributed by atoms with van der Waals surface area (Å²) in [6.45, 7) is 15.3. The Morgan fingerprint density at radius 3 is 1.63 bits per heavy atom. The van der Waals surface area contributed by atoms with E-state index in [-0.39, 0.29) is 17.0 Å². The minimum atomic E-state index is -2.48. The first-order chi connectivity index (χ1) is 12.1. The van der Waals surface area contributed by atoms with Crippen molar-refractivity contribution in [2.45, 2.75) is 60.2 Å². The Morgan fingerprint density at radius 1 is 0.815 bits per heavy atom. The van der Waals surface area contributed by atoms with E-state index in [1.54, 1.807) is 6.92 Å². The first-order valence-corrected chi connectivity index (χ1v) is 11.8. The van der Waals surface area contributed by atoms with Gasteiger partial charge in [-0.1, -0.05) is 30.8 Å². The molecule has 0 saturated carbocycles. The molecule has 1 atom stereocenters. The van der Waals surface area contributed by atoms with Gasteiger partial charge in [-0.25, -0.2) is 22.0 Å². The van der Waals surface area contributed by atoms with Crippen molar-refractivity contribution in [2.75, 3.05) is 0 Å². The van der Waals surface area contributed by atoms with Gasteiger partial charge in [0.1, 0.15) is 8.24 Å². The van der Waals surface area contributed by atoms with Gasteiger partial charge in [0.2, 0.25) is 5.82 Å². The Bertz CT molecular complexity index is 833. The van der Waals surface area contributed by atoms with E-state index in [0.717, 1.165) is 10.8 Å². The molecule has 0 radical (unpaired) electrons. The summed E-state index contributed by atoms with van der Waals surface area (Å²) in [4.78, 5) is 3.54. The monoisotopic (exact) mass is 403 g/mol.